The zero-order valence-corrected chi connectivity index (χ0v) is 21.5. The smallest absolute Gasteiger partial charge is 0.318 e. The maximum absolute atomic E-state index is 14.3. The van der Waals surface area contributed by atoms with E-state index in [2.05, 4.69) is 95.5 Å². The van der Waals surface area contributed by atoms with Crippen LogP contribution in [0, 0.1) is 17.8 Å². The molecule has 4 aliphatic carbocycles. The highest BCUT2D eigenvalue weighted by atomic mass is 16.2. The largest absolute Gasteiger partial charge is 0.332 e. The number of fused-ring (bicyclic) bond motifs is 3. The van der Waals surface area contributed by atoms with Crippen molar-refractivity contribution in [2.75, 3.05) is 0 Å². The molecular weight excluding hydrogens is 442 g/mol. The van der Waals surface area contributed by atoms with E-state index in [1.165, 1.54) is 60.9 Å². The van der Waals surface area contributed by atoms with Crippen LogP contribution in [0.4, 0.5) is 4.79 Å². The van der Waals surface area contributed by atoms with Gasteiger partial charge in [0, 0.05) is 17.4 Å². The predicted molar refractivity (Wildman–Crippen MR) is 143 cm³/mol. The molecule has 4 saturated carbocycles. The van der Waals surface area contributed by atoms with Crippen molar-refractivity contribution in [2.24, 2.45) is 17.8 Å². The number of carbonyl (C=O) groups is 1. The van der Waals surface area contributed by atoms with Crippen LogP contribution in [0.3, 0.4) is 0 Å². The first-order chi connectivity index (χ1) is 17.5. The maximum Gasteiger partial charge on any atom is 0.318 e. The molecule has 1 N–H and O–H groups in total. The fourth-order valence-electron chi connectivity index (χ4n) is 8.32. The Kier molecular flexibility index (Phi) is 5.09. The number of aromatic nitrogens is 1. The Morgan fingerprint density at radius 1 is 0.889 bits per heavy atom. The molecular formula is C32H37N3O. The van der Waals surface area contributed by atoms with Gasteiger partial charge in [0.1, 0.15) is 0 Å². The van der Waals surface area contributed by atoms with Crippen LogP contribution in [0.2, 0.25) is 0 Å². The number of benzene rings is 2. The van der Waals surface area contributed by atoms with Gasteiger partial charge in [-0.3, -0.25) is 0 Å². The number of nitrogens with zero attached hydrogens (tertiary/aromatic N) is 2. The lowest BCUT2D eigenvalue weighted by atomic mass is 9.53. The third-order valence-electron chi connectivity index (χ3n) is 9.55. The number of amides is 2. The highest BCUT2D eigenvalue weighted by Crippen LogP contribution is 2.55. The van der Waals surface area contributed by atoms with E-state index >= 15 is 0 Å². The summed E-state index contributed by atoms with van der Waals surface area (Å²) in [4.78, 5) is 16.5. The molecule has 0 saturated heterocycles. The standard InChI is InChI=1S/C32H37N3O/c1-21(2)25-9-11-26(12-10-25)30-29-8-5-13-34(29)28-7-4-3-6-27(28)20-35(30)31(36)33-32-17-22-14-23(18-32)16-24(15-22)19-32/h3-13,21-24,30H,14-20H2,1-2H3,(H,33,36). The van der Waals surface area contributed by atoms with Crippen LogP contribution < -0.4 is 5.32 Å². The topological polar surface area (TPSA) is 37.3 Å². The lowest BCUT2D eigenvalue weighted by Crippen LogP contribution is -2.62. The van der Waals surface area contributed by atoms with Gasteiger partial charge in [-0.2, -0.15) is 0 Å². The molecule has 36 heavy (non-hydrogen) atoms. The summed E-state index contributed by atoms with van der Waals surface area (Å²) < 4.78 is 2.29. The van der Waals surface area contributed by atoms with E-state index in [1.807, 2.05) is 0 Å². The third kappa shape index (κ3) is 3.60. The highest BCUT2D eigenvalue weighted by molar-refractivity contribution is 5.77. The first-order valence-corrected chi connectivity index (χ1v) is 13.9. The molecule has 1 unspecified atom stereocenters. The Hall–Kier alpha value is -3.01. The molecule has 5 aliphatic rings. The number of nitrogens with one attached hydrogen (secondary N) is 1. The number of hydrogen-bond donors (Lipinski definition) is 1. The zero-order valence-electron chi connectivity index (χ0n) is 21.5. The molecule has 8 rings (SSSR count). The molecule has 1 atom stereocenters. The van der Waals surface area contributed by atoms with E-state index in [9.17, 15) is 4.79 Å². The Bertz CT molecular complexity index is 1250. The summed E-state index contributed by atoms with van der Waals surface area (Å²) in [5.74, 6) is 2.89. The van der Waals surface area contributed by atoms with E-state index in [1.54, 1.807) is 0 Å². The van der Waals surface area contributed by atoms with Crippen LogP contribution in [0.5, 0.6) is 0 Å². The van der Waals surface area contributed by atoms with Gasteiger partial charge in [-0.15, -0.1) is 0 Å². The summed E-state index contributed by atoms with van der Waals surface area (Å²) in [6, 6.07) is 21.7. The van der Waals surface area contributed by atoms with E-state index < -0.39 is 0 Å². The Labute approximate surface area is 214 Å². The minimum atomic E-state index is -0.137. The molecule has 3 aromatic rings. The minimum Gasteiger partial charge on any atom is -0.332 e. The van der Waals surface area contributed by atoms with Crippen molar-refractivity contribution < 1.29 is 4.79 Å². The van der Waals surface area contributed by atoms with Gasteiger partial charge in [0.15, 0.2) is 0 Å². The summed E-state index contributed by atoms with van der Waals surface area (Å²) >= 11 is 0. The van der Waals surface area contributed by atoms with Gasteiger partial charge in [0.2, 0.25) is 0 Å². The molecule has 0 radical (unpaired) electrons. The number of carbonyl (C=O) groups excluding carboxylic acids is 1. The second-order valence-electron chi connectivity index (χ2n) is 12.4. The van der Waals surface area contributed by atoms with Crippen molar-refractivity contribution in [1.29, 1.82) is 0 Å². The third-order valence-corrected chi connectivity index (χ3v) is 9.55. The molecule has 2 aromatic carbocycles. The van der Waals surface area contributed by atoms with Crippen LogP contribution in [0.15, 0.2) is 66.9 Å². The van der Waals surface area contributed by atoms with E-state index in [0.29, 0.717) is 12.5 Å². The van der Waals surface area contributed by atoms with Crippen molar-refractivity contribution in [3.05, 3.63) is 89.2 Å². The molecule has 4 heteroatoms. The Balaban J connectivity index is 1.29. The van der Waals surface area contributed by atoms with Gasteiger partial charge < -0.3 is 14.8 Å². The maximum atomic E-state index is 14.3. The highest BCUT2D eigenvalue weighted by Gasteiger charge is 2.52. The van der Waals surface area contributed by atoms with Gasteiger partial charge in [-0.05, 0) is 97.1 Å². The average molecular weight is 480 g/mol. The quantitative estimate of drug-likeness (QED) is 0.424. The summed E-state index contributed by atoms with van der Waals surface area (Å²) in [7, 11) is 0. The van der Waals surface area contributed by atoms with Crippen LogP contribution in [0.1, 0.15) is 86.7 Å². The van der Waals surface area contributed by atoms with Crippen LogP contribution in [-0.4, -0.2) is 21.0 Å². The van der Waals surface area contributed by atoms with Crippen LogP contribution >= 0.6 is 0 Å². The van der Waals surface area contributed by atoms with Crippen molar-refractivity contribution in [2.45, 2.75) is 76.4 Å². The lowest BCUT2D eigenvalue weighted by Gasteiger charge is -2.57. The molecule has 2 amide bonds. The summed E-state index contributed by atoms with van der Waals surface area (Å²) in [6.07, 6.45) is 9.78. The molecule has 4 fully saturated rings. The molecule has 0 spiro atoms. The average Bonchev–Trinajstić information content (AvgIpc) is 3.27. The van der Waals surface area contributed by atoms with Crippen LogP contribution in [0.25, 0.3) is 5.69 Å². The molecule has 186 valence electrons. The fourth-order valence-corrected chi connectivity index (χ4v) is 8.32. The molecule has 4 nitrogen and oxygen atoms in total. The lowest BCUT2D eigenvalue weighted by molar-refractivity contribution is -0.0163. The van der Waals surface area contributed by atoms with Crippen molar-refractivity contribution >= 4 is 6.03 Å². The molecule has 1 aliphatic heterocycles. The SMILES string of the molecule is CC(C)c1ccc(C2c3cccn3-c3ccccc3CN2C(=O)NC23CC4CC(CC(C4)C2)C3)cc1. The molecule has 4 bridgehead atoms. The first-order valence-electron chi connectivity index (χ1n) is 13.9. The number of rotatable bonds is 3. The normalized spacial score (nSPS) is 30.1. The summed E-state index contributed by atoms with van der Waals surface area (Å²) in [5, 5.41) is 3.68. The fraction of sp³-hybridized carbons (Fsp3) is 0.469. The van der Waals surface area contributed by atoms with Gasteiger partial charge in [-0.1, -0.05) is 56.3 Å². The van der Waals surface area contributed by atoms with Crippen LogP contribution in [-0.2, 0) is 6.54 Å². The van der Waals surface area contributed by atoms with E-state index in [-0.39, 0.29) is 17.6 Å². The number of urea groups is 1. The Morgan fingerprint density at radius 3 is 2.22 bits per heavy atom. The van der Waals surface area contributed by atoms with E-state index in [0.717, 1.165) is 23.4 Å². The van der Waals surface area contributed by atoms with Gasteiger partial charge in [0.25, 0.3) is 0 Å². The Morgan fingerprint density at radius 2 is 1.56 bits per heavy atom. The summed E-state index contributed by atoms with van der Waals surface area (Å²) in [6.45, 7) is 5.06. The zero-order chi connectivity index (χ0) is 24.4. The first kappa shape index (κ1) is 22.2. The van der Waals surface area contributed by atoms with Gasteiger partial charge in [0.05, 0.1) is 18.3 Å². The van der Waals surface area contributed by atoms with Crippen molar-refractivity contribution in [3.8, 4) is 5.69 Å². The predicted octanol–water partition coefficient (Wildman–Crippen LogP) is 7.18. The van der Waals surface area contributed by atoms with Crippen molar-refractivity contribution in [3.63, 3.8) is 0 Å². The van der Waals surface area contributed by atoms with Gasteiger partial charge >= 0.3 is 6.03 Å². The number of para-hydroxylation sites is 1. The minimum absolute atomic E-state index is 0.00823. The molecule has 2 heterocycles. The second kappa shape index (κ2) is 8.26. The second-order valence-corrected chi connectivity index (χ2v) is 12.4. The van der Waals surface area contributed by atoms with Crippen molar-refractivity contribution in [1.82, 2.24) is 14.8 Å². The van der Waals surface area contributed by atoms with Gasteiger partial charge in [-0.25, -0.2) is 4.79 Å². The molecule has 1 aromatic heterocycles. The van der Waals surface area contributed by atoms with E-state index in [4.69, 9.17) is 0 Å². The monoisotopic (exact) mass is 479 g/mol. The number of hydrogen-bond acceptors (Lipinski definition) is 1. The summed E-state index contributed by atoms with van der Waals surface area (Å²) in [5.41, 5.74) is 6.01.